The Morgan fingerprint density at radius 3 is 2.65 bits per heavy atom. The minimum Gasteiger partial charge on any atom is -0.385 e. The molecule has 0 saturated heterocycles. The summed E-state index contributed by atoms with van der Waals surface area (Å²) in [6.45, 7) is 2.89. The van der Waals surface area contributed by atoms with Gasteiger partial charge in [-0.1, -0.05) is 12.1 Å². The van der Waals surface area contributed by atoms with Gasteiger partial charge in [-0.05, 0) is 25.1 Å². The molecular weight excluding hydrogens is 252 g/mol. The number of benzene rings is 1. The van der Waals surface area contributed by atoms with Gasteiger partial charge in [-0.2, -0.15) is 0 Å². The molecule has 1 atom stereocenters. The molecule has 0 amide bonds. The molecule has 102 valence electrons. The van der Waals surface area contributed by atoms with Crippen LogP contribution in [0.15, 0.2) is 42.7 Å². The van der Waals surface area contributed by atoms with Gasteiger partial charge in [0.25, 0.3) is 0 Å². The van der Waals surface area contributed by atoms with Gasteiger partial charge in [0, 0.05) is 25.4 Å². The van der Waals surface area contributed by atoms with E-state index in [4.69, 9.17) is 0 Å². The minimum absolute atomic E-state index is 0.409. The first-order chi connectivity index (χ1) is 9.79. The van der Waals surface area contributed by atoms with Gasteiger partial charge in [0.05, 0.1) is 11.0 Å². The highest BCUT2D eigenvalue weighted by atomic mass is 16.3. The molecule has 5 heteroatoms. The van der Waals surface area contributed by atoms with E-state index in [2.05, 4.69) is 26.4 Å². The summed E-state index contributed by atoms with van der Waals surface area (Å²) < 4.78 is 2.11. The lowest BCUT2D eigenvalue weighted by atomic mass is 10.2. The number of aliphatic hydroxyl groups is 1. The van der Waals surface area contributed by atoms with Crippen LogP contribution in [0.3, 0.4) is 0 Å². The van der Waals surface area contributed by atoms with E-state index in [9.17, 15) is 5.11 Å². The van der Waals surface area contributed by atoms with Crippen LogP contribution in [0.5, 0.6) is 0 Å². The third kappa shape index (κ3) is 2.28. The number of aromatic nitrogens is 4. The minimum atomic E-state index is -0.738. The third-order valence-corrected chi connectivity index (χ3v) is 3.31. The van der Waals surface area contributed by atoms with Crippen molar-refractivity contribution in [3.63, 3.8) is 0 Å². The Labute approximate surface area is 117 Å². The zero-order valence-electron chi connectivity index (χ0n) is 11.3. The van der Waals surface area contributed by atoms with Gasteiger partial charge in [-0.25, -0.2) is 15.0 Å². The lowest BCUT2D eigenvalue weighted by Gasteiger charge is -2.10. The van der Waals surface area contributed by atoms with E-state index >= 15 is 0 Å². The van der Waals surface area contributed by atoms with E-state index in [1.54, 1.807) is 18.5 Å². The second-order valence-electron chi connectivity index (χ2n) is 4.59. The van der Waals surface area contributed by atoms with Crippen molar-refractivity contribution >= 4 is 11.0 Å². The normalized spacial score (nSPS) is 12.7. The van der Waals surface area contributed by atoms with Crippen LogP contribution in [0, 0.1) is 0 Å². The number of nitrogens with zero attached hydrogens (tertiary/aromatic N) is 4. The van der Waals surface area contributed by atoms with E-state index < -0.39 is 6.10 Å². The van der Waals surface area contributed by atoms with Crippen molar-refractivity contribution in [2.24, 2.45) is 0 Å². The molecule has 3 aromatic rings. The Morgan fingerprint density at radius 1 is 1.15 bits per heavy atom. The highest BCUT2D eigenvalue weighted by Gasteiger charge is 2.16. The maximum Gasteiger partial charge on any atom is 0.157 e. The summed E-state index contributed by atoms with van der Waals surface area (Å²) in [4.78, 5) is 12.8. The molecule has 0 bridgehead atoms. The molecule has 0 spiro atoms. The molecule has 5 nitrogen and oxygen atoms in total. The van der Waals surface area contributed by atoms with Gasteiger partial charge in [-0.3, -0.25) is 0 Å². The predicted octanol–water partition coefficient (Wildman–Crippen LogP) is 2.12. The van der Waals surface area contributed by atoms with Crippen molar-refractivity contribution in [3.05, 3.63) is 54.4 Å². The molecule has 0 aliphatic rings. The van der Waals surface area contributed by atoms with Crippen LogP contribution < -0.4 is 0 Å². The fourth-order valence-corrected chi connectivity index (χ4v) is 2.38. The number of hydrogen-bond donors (Lipinski definition) is 1. The summed E-state index contributed by atoms with van der Waals surface area (Å²) in [5, 5.41) is 10.2. The van der Waals surface area contributed by atoms with Gasteiger partial charge in [-0.15, -0.1) is 0 Å². The molecule has 3 rings (SSSR count). The molecule has 1 N–H and O–H groups in total. The quantitative estimate of drug-likeness (QED) is 0.787. The first-order valence-corrected chi connectivity index (χ1v) is 6.68. The summed E-state index contributed by atoms with van der Waals surface area (Å²) in [6, 6.07) is 9.72. The van der Waals surface area contributed by atoms with E-state index in [0.29, 0.717) is 12.2 Å². The summed E-state index contributed by atoms with van der Waals surface area (Å²) in [7, 11) is 0. The lowest BCUT2D eigenvalue weighted by Crippen LogP contribution is -2.10. The molecule has 0 aliphatic carbocycles. The van der Waals surface area contributed by atoms with Crippen LogP contribution in [-0.2, 0) is 13.0 Å². The number of imidazole rings is 1. The number of para-hydroxylation sites is 2. The Bertz CT molecular complexity index is 708. The van der Waals surface area contributed by atoms with Gasteiger partial charge in [0.2, 0.25) is 0 Å². The lowest BCUT2D eigenvalue weighted by molar-refractivity contribution is 0.164. The zero-order valence-corrected chi connectivity index (χ0v) is 11.3. The van der Waals surface area contributed by atoms with Crippen LogP contribution in [0.2, 0.25) is 0 Å². The van der Waals surface area contributed by atoms with Gasteiger partial charge >= 0.3 is 0 Å². The number of rotatable bonds is 4. The molecule has 1 aromatic carbocycles. The topological polar surface area (TPSA) is 63.8 Å². The largest absolute Gasteiger partial charge is 0.385 e. The van der Waals surface area contributed by atoms with Crippen molar-refractivity contribution in [2.75, 3.05) is 0 Å². The highest BCUT2D eigenvalue weighted by molar-refractivity contribution is 5.75. The van der Waals surface area contributed by atoms with Crippen molar-refractivity contribution in [1.29, 1.82) is 0 Å². The third-order valence-electron chi connectivity index (χ3n) is 3.31. The molecule has 0 saturated carbocycles. The smallest absolute Gasteiger partial charge is 0.157 e. The van der Waals surface area contributed by atoms with Crippen molar-refractivity contribution in [3.8, 4) is 0 Å². The van der Waals surface area contributed by atoms with Crippen LogP contribution in [0.1, 0.15) is 24.7 Å². The van der Waals surface area contributed by atoms with E-state index in [0.717, 1.165) is 23.4 Å². The summed E-state index contributed by atoms with van der Waals surface area (Å²) in [5.74, 6) is 1.29. The Hall–Kier alpha value is -2.27. The molecule has 0 aliphatic heterocycles. The monoisotopic (exact) mass is 268 g/mol. The predicted molar refractivity (Wildman–Crippen MR) is 76.1 cm³/mol. The SMILES string of the molecule is CCn1c(CC(O)c2ncccn2)nc2ccccc21. The zero-order chi connectivity index (χ0) is 13.9. The number of aliphatic hydroxyl groups excluding tert-OH is 1. The molecular formula is C15H16N4O. The van der Waals surface area contributed by atoms with Gasteiger partial charge < -0.3 is 9.67 Å². The molecule has 1 unspecified atom stereocenters. The molecule has 2 heterocycles. The van der Waals surface area contributed by atoms with Gasteiger partial charge in [0.1, 0.15) is 11.9 Å². The number of hydrogen-bond acceptors (Lipinski definition) is 4. The molecule has 20 heavy (non-hydrogen) atoms. The highest BCUT2D eigenvalue weighted by Crippen LogP contribution is 2.20. The summed E-state index contributed by atoms with van der Waals surface area (Å²) in [6.07, 6.45) is 2.94. The molecule has 0 fully saturated rings. The fourth-order valence-electron chi connectivity index (χ4n) is 2.38. The average Bonchev–Trinajstić information content (AvgIpc) is 2.85. The van der Waals surface area contributed by atoms with Crippen LogP contribution >= 0.6 is 0 Å². The van der Waals surface area contributed by atoms with Crippen molar-refractivity contribution in [1.82, 2.24) is 19.5 Å². The van der Waals surface area contributed by atoms with Crippen LogP contribution in [0.4, 0.5) is 0 Å². The average molecular weight is 268 g/mol. The van der Waals surface area contributed by atoms with Crippen molar-refractivity contribution < 1.29 is 5.11 Å². The second-order valence-corrected chi connectivity index (χ2v) is 4.59. The number of aryl methyl sites for hydroxylation is 1. The standard InChI is InChI=1S/C15H16N4O/c1-2-19-12-7-4-3-6-11(12)18-14(19)10-13(20)15-16-8-5-9-17-15/h3-9,13,20H,2,10H2,1H3. The summed E-state index contributed by atoms with van der Waals surface area (Å²) in [5.41, 5.74) is 2.04. The Morgan fingerprint density at radius 2 is 1.90 bits per heavy atom. The van der Waals surface area contributed by atoms with Crippen molar-refractivity contribution in [2.45, 2.75) is 26.0 Å². The first-order valence-electron chi connectivity index (χ1n) is 6.68. The number of fused-ring (bicyclic) bond motifs is 1. The van der Waals surface area contributed by atoms with E-state index in [1.807, 2.05) is 24.3 Å². The summed E-state index contributed by atoms with van der Waals surface area (Å²) >= 11 is 0. The molecule has 2 aromatic heterocycles. The maximum absolute atomic E-state index is 10.2. The van der Waals surface area contributed by atoms with Crippen LogP contribution in [-0.4, -0.2) is 24.6 Å². The Balaban J connectivity index is 1.94. The van der Waals surface area contributed by atoms with Gasteiger partial charge in [0.15, 0.2) is 5.82 Å². The second kappa shape index (κ2) is 5.38. The Kier molecular flexibility index (Phi) is 3.43. The first kappa shape index (κ1) is 12.7. The van der Waals surface area contributed by atoms with E-state index in [1.165, 1.54) is 0 Å². The van der Waals surface area contributed by atoms with E-state index in [-0.39, 0.29) is 0 Å². The maximum atomic E-state index is 10.2. The molecule has 0 radical (unpaired) electrons. The van der Waals surface area contributed by atoms with Crippen LogP contribution in [0.25, 0.3) is 11.0 Å². The fraction of sp³-hybridized carbons (Fsp3) is 0.267.